The molecule has 12 rings (SSSR count). The number of urea groups is 3. The Bertz CT molecular complexity index is 3830. The van der Waals surface area contributed by atoms with Gasteiger partial charge in [-0.3, -0.25) is 44.7 Å². The fourth-order valence-corrected chi connectivity index (χ4v) is 14.5. The highest BCUT2D eigenvalue weighted by atomic mass is 19.1. The number of imide groups is 3. The summed E-state index contributed by atoms with van der Waals surface area (Å²) in [6.07, 6.45) is 11.9. The van der Waals surface area contributed by atoms with Gasteiger partial charge >= 0.3 is 30.3 Å². The molecule has 8 saturated heterocycles. The SMILES string of the molecule is CC(C)(C)OC(=O)N1CC[C@@H](OC2CCCCC2)[C@H](F)C1.CC(C)(C)OC(=O)N1CC[C@@H](OC2CCN(CCn3cccc(CN4CCC(=O)NC4=O)c3=O)CC2)[C@H](F)C1.O=C1CCN(Cc2cccn(CCN3CCC(O[C@@H]4CCNC[C@H]4F)CC3)c2=O)C(=O)N1.O=CCn1cccc(CN2CCC(=O)NC2=O)c1=O. The number of ether oxygens (including phenoxy) is 5. The predicted molar refractivity (Wildman–Crippen MR) is 401 cm³/mol. The number of hydrogen-bond donors (Lipinski definition) is 4. The van der Waals surface area contributed by atoms with E-state index in [9.17, 15) is 70.7 Å². The van der Waals surface area contributed by atoms with Crippen LogP contribution in [0, 0.1) is 0 Å². The van der Waals surface area contributed by atoms with Gasteiger partial charge in [0.05, 0.1) is 75.9 Å². The minimum atomic E-state index is -1.25. The van der Waals surface area contributed by atoms with Crippen LogP contribution in [0.15, 0.2) is 69.4 Å². The van der Waals surface area contributed by atoms with Gasteiger partial charge in [-0.05, 0) is 124 Å². The van der Waals surface area contributed by atoms with Crippen molar-refractivity contribution < 1.29 is 80.0 Å². The highest BCUT2D eigenvalue weighted by molar-refractivity contribution is 5.97. The number of amides is 11. The van der Waals surface area contributed by atoms with Crippen LogP contribution in [0.25, 0.3) is 0 Å². The lowest BCUT2D eigenvalue weighted by Crippen LogP contribution is -2.51. The molecule has 9 aliphatic rings. The molecular formula is C77H113F3N14O17. The standard InChI is InChI=1S/C27H40FN5O6.C22H32FN5O4.C16H28FNO3.C12H13N3O4/c1-27(2,3)39-26(37)33-13-8-22(21(28)18-33)38-20-6-11-30(12-7-20)15-16-31-10-4-5-19(24(31)35)17-32-14-9-23(34)29-25(32)36;23-18-14-24-7-3-19(18)32-17-4-9-26(10-5-17)12-13-27-8-1-2-16(21(27)30)15-28-11-6-20(29)25-22(28)31;1-16(2,3)21-15(19)18-10-9-14(13(17)11-18)20-12-7-5-4-6-8-12;16-7-6-14-4-1-2-9(11(14)18)8-15-5-3-10(17)13-12(15)19/h4-5,10,20-22H,6-9,11-18H2,1-3H3,(H,29,34,36);1-2,8,17-19,24H,3-7,9-15H2,(H,25,29,31);12-14H,4-11H2,1-3H3;1-2,4,7H,3,5-6,8H2,(H,13,17,19)/t21-,22-;18-,19-;13-,14-;/m111./s1. The number of hydrogen-bond acceptors (Lipinski definition) is 20. The van der Waals surface area contributed by atoms with Gasteiger partial charge < -0.3 is 81.8 Å². The zero-order valence-corrected chi connectivity index (χ0v) is 65.0. The lowest BCUT2D eigenvalue weighted by molar-refractivity contribution is -0.122. The number of nitrogens with one attached hydrogen (secondary N) is 4. The highest BCUT2D eigenvalue weighted by Crippen LogP contribution is 2.29. The maximum atomic E-state index is 14.8. The average molecular weight is 1560 g/mol. The van der Waals surface area contributed by atoms with Gasteiger partial charge in [0.2, 0.25) is 17.7 Å². The van der Waals surface area contributed by atoms with E-state index in [1.807, 2.05) is 26.8 Å². The first-order chi connectivity index (χ1) is 52.9. The van der Waals surface area contributed by atoms with Crippen LogP contribution >= 0.6 is 0 Å². The maximum absolute atomic E-state index is 14.8. The van der Waals surface area contributed by atoms with Gasteiger partial charge in [0.15, 0.2) is 0 Å². The van der Waals surface area contributed by atoms with Crippen LogP contribution in [-0.2, 0) is 82.1 Å². The van der Waals surface area contributed by atoms with Gasteiger partial charge in [0.25, 0.3) is 16.7 Å². The van der Waals surface area contributed by atoms with E-state index in [0.29, 0.717) is 88.2 Å². The molecule has 3 aromatic rings. The van der Waals surface area contributed by atoms with Crippen LogP contribution in [0.3, 0.4) is 0 Å². The predicted octanol–water partition coefficient (Wildman–Crippen LogP) is 5.76. The lowest BCUT2D eigenvalue weighted by atomic mass is 9.97. The first-order valence-electron chi connectivity index (χ1n) is 39.2. The Morgan fingerprint density at radius 3 is 1.16 bits per heavy atom. The summed E-state index contributed by atoms with van der Waals surface area (Å²) in [6, 6.07) is 8.87. The van der Waals surface area contributed by atoms with Crippen LogP contribution in [0.1, 0.15) is 155 Å². The number of likely N-dealkylation sites (tertiary alicyclic amines) is 4. The quantitative estimate of drug-likeness (QED) is 0.0976. The smallest absolute Gasteiger partial charge is 0.410 e. The van der Waals surface area contributed by atoms with E-state index < -0.39 is 66.1 Å². The molecule has 0 unspecified atom stereocenters. The Morgan fingerprint density at radius 2 is 0.811 bits per heavy atom. The van der Waals surface area contributed by atoms with E-state index in [2.05, 4.69) is 31.1 Å². The van der Waals surface area contributed by atoms with Crippen molar-refractivity contribution in [3.63, 3.8) is 0 Å². The number of alkyl halides is 3. The molecule has 1 saturated carbocycles. The van der Waals surface area contributed by atoms with E-state index in [1.165, 1.54) is 54.5 Å². The minimum Gasteiger partial charge on any atom is -0.444 e. The lowest BCUT2D eigenvalue weighted by Gasteiger charge is -2.39. The molecule has 111 heavy (non-hydrogen) atoms. The Balaban J connectivity index is 0.000000177. The zero-order valence-electron chi connectivity index (χ0n) is 65.0. The van der Waals surface area contributed by atoms with Crippen molar-refractivity contribution in [1.29, 1.82) is 0 Å². The number of rotatable bonds is 20. The molecule has 0 radical (unpaired) electrons. The van der Waals surface area contributed by atoms with Crippen molar-refractivity contribution in [2.24, 2.45) is 0 Å². The average Bonchev–Trinajstić information content (AvgIpc) is 0.850. The van der Waals surface area contributed by atoms with Crippen molar-refractivity contribution in [2.75, 3.05) is 98.2 Å². The Morgan fingerprint density at radius 1 is 0.450 bits per heavy atom. The van der Waals surface area contributed by atoms with Gasteiger partial charge in [0.1, 0.15) is 36.0 Å². The van der Waals surface area contributed by atoms with E-state index in [0.717, 1.165) is 84.2 Å². The summed E-state index contributed by atoms with van der Waals surface area (Å²) in [4.78, 5) is 153. The van der Waals surface area contributed by atoms with Gasteiger partial charge in [-0.1, -0.05) is 37.5 Å². The number of halogens is 3. The number of aldehydes is 1. The number of carbonyl (C=O) groups excluding carboxylic acids is 9. The summed E-state index contributed by atoms with van der Waals surface area (Å²) >= 11 is 0. The van der Waals surface area contributed by atoms with Crippen LogP contribution in [-0.4, -0.2) is 267 Å². The topological polar surface area (TPSA) is 337 Å². The van der Waals surface area contributed by atoms with Crippen molar-refractivity contribution in [1.82, 2.24) is 69.3 Å². The fourth-order valence-electron chi connectivity index (χ4n) is 14.5. The summed E-state index contributed by atoms with van der Waals surface area (Å²) in [5, 5.41) is 9.80. The normalized spacial score (nSPS) is 23.7. The third kappa shape index (κ3) is 27.1. The molecule has 34 heteroatoms. The Hall–Kier alpha value is -8.57. The molecule has 0 aromatic carbocycles. The Labute approximate surface area is 645 Å². The Kier molecular flexibility index (Phi) is 32.1. The highest BCUT2D eigenvalue weighted by Gasteiger charge is 2.39. The van der Waals surface area contributed by atoms with Gasteiger partial charge in [-0.2, -0.15) is 0 Å². The van der Waals surface area contributed by atoms with Gasteiger partial charge in [-0.15, -0.1) is 0 Å². The van der Waals surface area contributed by atoms with E-state index in [-0.39, 0.29) is 130 Å². The maximum Gasteiger partial charge on any atom is 0.410 e. The molecule has 0 spiro atoms. The van der Waals surface area contributed by atoms with Crippen molar-refractivity contribution >= 4 is 54.3 Å². The van der Waals surface area contributed by atoms with Crippen molar-refractivity contribution in [3.8, 4) is 0 Å². The molecule has 0 bridgehead atoms. The van der Waals surface area contributed by atoms with E-state index in [1.54, 1.807) is 72.6 Å². The second-order valence-corrected chi connectivity index (χ2v) is 31.6. The third-order valence-corrected chi connectivity index (χ3v) is 20.7. The minimum absolute atomic E-state index is 0.0165. The van der Waals surface area contributed by atoms with Crippen LogP contribution in [0.2, 0.25) is 0 Å². The van der Waals surface area contributed by atoms with E-state index in [4.69, 9.17) is 23.7 Å². The second kappa shape index (κ2) is 41.3. The summed E-state index contributed by atoms with van der Waals surface area (Å²) in [7, 11) is 0. The number of piperidine rings is 5. The number of nitrogens with zero attached hydrogens (tertiary/aromatic N) is 10. The number of carbonyl (C=O) groups is 9. The van der Waals surface area contributed by atoms with Crippen LogP contribution < -0.4 is 37.9 Å². The molecule has 9 fully saturated rings. The zero-order chi connectivity index (χ0) is 79.9. The largest absolute Gasteiger partial charge is 0.444 e. The van der Waals surface area contributed by atoms with Crippen LogP contribution in [0.4, 0.5) is 37.1 Å². The van der Waals surface area contributed by atoms with Gasteiger partial charge in [-0.25, -0.2) is 37.1 Å². The molecule has 614 valence electrons. The molecular weight excluding hydrogens is 1450 g/mol. The molecule has 1 aliphatic carbocycles. The summed E-state index contributed by atoms with van der Waals surface area (Å²) in [5.74, 6) is -0.900. The molecule has 11 heterocycles. The summed E-state index contributed by atoms with van der Waals surface area (Å²) < 4.78 is 76.4. The van der Waals surface area contributed by atoms with E-state index >= 15 is 0 Å². The summed E-state index contributed by atoms with van der Waals surface area (Å²) in [6.45, 7) is 20.1. The monoisotopic (exact) mass is 1560 g/mol. The fraction of sp³-hybridized carbons (Fsp3) is 0.688. The molecule has 6 atom stereocenters. The summed E-state index contributed by atoms with van der Waals surface area (Å²) in [5.41, 5.74) is -0.275. The van der Waals surface area contributed by atoms with Crippen molar-refractivity contribution in [3.05, 3.63) is 103 Å². The first kappa shape index (κ1) is 86.4. The molecule has 11 amide bonds. The van der Waals surface area contributed by atoms with Crippen molar-refractivity contribution in [2.45, 2.75) is 243 Å². The molecule has 8 aliphatic heterocycles. The molecule has 3 aromatic heterocycles. The molecule has 31 nitrogen and oxygen atoms in total. The third-order valence-electron chi connectivity index (χ3n) is 20.7. The number of pyridine rings is 3. The number of aromatic nitrogens is 3. The van der Waals surface area contributed by atoms with Crippen LogP contribution in [0.5, 0.6) is 0 Å². The van der Waals surface area contributed by atoms with Gasteiger partial charge in [0, 0.05) is 146 Å². The molecule has 4 N–H and O–H groups in total. The first-order valence-corrected chi connectivity index (χ1v) is 39.2. The second-order valence-electron chi connectivity index (χ2n) is 31.6.